The van der Waals surface area contributed by atoms with Crippen LogP contribution in [0, 0.1) is 11.3 Å². The first-order valence-electron chi connectivity index (χ1n) is 6.93. The first-order chi connectivity index (χ1) is 11.2. The number of Topliss-reactive ketones (excluding diaryl/α,β-unsaturated/α-hetero) is 1. The van der Waals surface area contributed by atoms with Gasteiger partial charge < -0.3 is 10.5 Å². The Bertz CT molecular complexity index is 839. The summed E-state index contributed by atoms with van der Waals surface area (Å²) in [6.07, 6.45) is 0.284. The first-order valence-corrected chi connectivity index (χ1v) is 7.31. The summed E-state index contributed by atoms with van der Waals surface area (Å²) in [6.45, 7) is 3.44. The molecule has 6 nitrogen and oxygen atoms in total. The van der Waals surface area contributed by atoms with E-state index in [2.05, 4.69) is 9.72 Å². The fourth-order valence-electron chi connectivity index (χ4n) is 2.16. The van der Waals surface area contributed by atoms with Gasteiger partial charge in [-0.2, -0.15) is 5.26 Å². The minimum atomic E-state index is -0.959. The maximum atomic E-state index is 12.8. The van der Waals surface area contributed by atoms with Crippen molar-refractivity contribution in [2.24, 2.45) is 5.73 Å². The molecule has 0 unspecified atom stereocenters. The number of pyridine rings is 1. The molecular formula is C17H14ClN3O3. The van der Waals surface area contributed by atoms with Crippen molar-refractivity contribution in [2.45, 2.75) is 19.3 Å². The molecule has 2 N–H and O–H groups in total. The van der Waals surface area contributed by atoms with E-state index in [1.165, 1.54) is 24.4 Å². The molecule has 0 aliphatic heterocycles. The molecule has 0 saturated heterocycles. The molecule has 2 aromatic rings. The summed E-state index contributed by atoms with van der Waals surface area (Å²) in [5.74, 6) is -0.120. The molecule has 2 rings (SSSR count). The van der Waals surface area contributed by atoms with Crippen molar-refractivity contribution in [1.29, 1.82) is 5.26 Å². The molecule has 0 aliphatic carbocycles. The number of ketones is 1. The van der Waals surface area contributed by atoms with Crippen molar-refractivity contribution in [3.8, 4) is 11.8 Å². The monoisotopic (exact) mass is 343 g/mol. The molecule has 1 heterocycles. The number of amides is 1. The van der Waals surface area contributed by atoms with Gasteiger partial charge in [-0.1, -0.05) is 11.6 Å². The number of nitrogens with two attached hydrogens (primary N) is 1. The van der Waals surface area contributed by atoms with Crippen molar-refractivity contribution in [1.82, 2.24) is 4.98 Å². The molecule has 0 aliphatic rings. The van der Waals surface area contributed by atoms with Crippen LogP contribution in [0.25, 0.3) is 0 Å². The standard InChI is InChI=1S/C17H14ClN3O3/c1-17(2,11-5-10(8-19)6-12(18)7-11)15(22)14-4-3-13(9-21-14)24-16(20)23/h3-7,9H,1-2H3,(H2,20,23). The van der Waals surface area contributed by atoms with Crippen LogP contribution in [-0.4, -0.2) is 16.9 Å². The van der Waals surface area contributed by atoms with Crippen LogP contribution in [0.15, 0.2) is 36.5 Å². The quantitative estimate of drug-likeness (QED) is 0.858. The number of benzene rings is 1. The van der Waals surface area contributed by atoms with Gasteiger partial charge in [-0.25, -0.2) is 9.78 Å². The van der Waals surface area contributed by atoms with Crippen LogP contribution in [0.2, 0.25) is 5.02 Å². The van der Waals surface area contributed by atoms with E-state index in [0.29, 0.717) is 16.1 Å². The molecule has 0 bridgehead atoms. The number of hydrogen-bond acceptors (Lipinski definition) is 5. The first kappa shape index (κ1) is 17.4. The number of ether oxygens (including phenoxy) is 1. The van der Waals surface area contributed by atoms with Gasteiger partial charge in [0.1, 0.15) is 5.69 Å². The number of hydrogen-bond donors (Lipinski definition) is 1. The van der Waals surface area contributed by atoms with Gasteiger partial charge in [0.15, 0.2) is 11.5 Å². The van der Waals surface area contributed by atoms with Gasteiger partial charge in [0.2, 0.25) is 0 Å². The lowest BCUT2D eigenvalue weighted by Gasteiger charge is -2.23. The SMILES string of the molecule is CC(C)(C(=O)c1ccc(OC(N)=O)cn1)c1cc(Cl)cc(C#N)c1. The van der Waals surface area contributed by atoms with Crippen molar-refractivity contribution >= 4 is 23.5 Å². The maximum absolute atomic E-state index is 12.8. The van der Waals surface area contributed by atoms with E-state index >= 15 is 0 Å². The van der Waals surface area contributed by atoms with E-state index in [-0.39, 0.29) is 17.2 Å². The zero-order valence-corrected chi connectivity index (χ0v) is 13.8. The minimum absolute atomic E-state index is 0.145. The van der Waals surface area contributed by atoms with Crippen molar-refractivity contribution in [3.05, 3.63) is 58.4 Å². The van der Waals surface area contributed by atoms with Crippen molar-refractivity contribution in [2.75, 3.05) is 0 Å². The summed E-state index contributed by atoms with van der Waals surface area (Å²) in [5, 5.41) is 9.43. The molecule has 0 spiro atoms. The smallest absolute Gasteiger partial charge is 0.409 e. The minimum Gasteiger partial charge on any atom is -0.409 e. The van der Waals surface area contributed by atoms with E-state index in [1.54, 1.807) is 26.0 Å². The normalized spacial score (nSPS) is 10.8. The molecule has 1 aromatic carbocycles. The van der Waals surface area contributed by atoms with E-state index in [0.717, 1.165) is 0 Å². The van der Waals surface area contributed by atoms with Crippen molar-refractivity contribution < 1.29 is 14.3 Å². The average Bonchev–Trinajstić information content (AvgIpc) is 2.53. The molecule has 7 heteroatoms. The molecule has 1 aromatic heterocycles. The molecule has 122 valence electrons. The van der Waals surface area contributed by atoms with Gasteiger partial charge in [-0.15, -0.1) is 0 Å². The Morgan fingerprint density at radius 2 is 2.00 bits per heavy atom. The molecule has 24 heavy (non-hydrogen) atoms. The lowest BCUT2D eigenvalue weighted by molar-refractivity contribution is 0.0903. The highest BCUT2D eigenvalue weighted by Gasteiger charge is 2.32. The largest absolute Gasteiger partial charge is 0.410 e. The van der Waals surface area contributed by atoms with Crippen LogP contribution >= 0.6 is 11.6 Å². The maximum Gasteiger partial charge on any atom is 0.410 e. The van der Waals surface area contributed by atoms with Crippen LogP contribution in [0.5, 0.6) is 5.75 Å². The second-order valence-corrected chi connectivity index (χ2v) is 6.03. The van der Waals surface area contributed by atoms with Crippen LogP contribution in [0.4, 0.5) is 4.79 Å². The summed E-state index contributed by atoms with van der Waals surface area (Å²) in [5.41, 5.74) is 5.13. The van der Waals surface area contributed by atoms with Gasteiger partial charge in [0.25, 0.3) is 0 Å². The highest BCUT2D eigenvalue weighted by molar-refractivity contribution is 6.30. The van der Waals surface area contributed by atoms with E-state index in [9.17, 15) is 9.59 Å². The predicted octanol–water partition coefficient (Wildman–Crippen LogP) is 3.22. The van der Waals surface area contributed by atoms with E-state index < -0.39 is 11.5 Å². The second-order valence-electron chi connectivity index (χ2n) is 5.59. The Morgan fingerprint density at radius 1 is 1.29 bits per heavy atom. The number of primary amides is 1. The number of nitriles is 1. The summed E-state index contributed by atoms with van der Waals surface area (Å²) in [4.78, 5) is 27.5. The highest BCUT2D eigenvalue weighted by atomic mass is 35.5. The molecule has 0 fully saturated rings. The van der Waals surface area contributed by atoms with E-state index in [1.807, 2.05) is 6.07 Å². The van der Waals surface area contributed by atoms with Crippen molar-refractivity contribution in [3.63, 3.8) is 0 Å². The van der Waals surface area contributed by atoms with Crippen LogP contribution in [-0.2, 0) is 5.41 Å². The third-order valence-corrected chi connectivity index (χ3v) is 3.72. The Morgan fingerprint density at radius 3 is 2.54 bits per heavy atom. The van der Waals surface area contributed by atoms with Gasteiger partial charge in [-0.3, -0.25) is 4.79 Å². The highest BCUT2D eigenvalue weighted by Crippen LogP contribution is 2.30. The fraction of sp³-hybridized carbons (Fsp3) is 0.176. The summed E-state index contributed by atoms with van der Waals surface area (Å²) in [6, 6.07) is 9.68. The Kier molecular flexibility index (Phi) is 4.86. The Balaban J connectivity index is 2.35. The predicted molar refractivity (Wildman–Crippen MR) is 88.0 cm³/mol. The average molecular weight is 344 g/mol. The Hall–Kier alpha value is -2.91. The van der Waals surface area contributed by atoms with Crippen LogP contribution in [0.3, 0.4) is 0 Å². The van der Waals surface area contributed by atoms with Gasteiger partial charge in [0.05, 0.1) is 23.2 Å². The van der Waals surface area contributed by atoms with Gasteiger partial charge in [-0.05, 0) is 49.7 Å². The van der Waals surface area contributed by atoms with Gasteiger partial charge in [0, 0.05) is 5.02 Å². The number of rotatable bonds is 4. The van der Waals surface area contributed by atoms with Gasteiger partial charge >= 0.3 is 6.09 Å². The number of aromatic nitrogens is 1. The number of carbonyl (C=O) groups excluding carboxylic acids is 2. The topological polar surface area (TPSA) is 106 Å². The Labute approximate surface area is 143 Å². The second kappa shape index (κ2) is 6.69. The van der Waals surface area contributed by atoms with Crippen LogP contribution < -0.4 is 10.5 Å². The lowest BCUT2D eigenvalue weighted by Crippen LogP contribution is -2.30. The number of nitrogens with zero attached hydrogens (tertiary/aromatic N) is 2. The lowest BCUT2D eigenvalue weighted by atomic mass is 9.79. The van der Waals surface area contributed by atoms with Crippen LogP contribution in [0.1, 0.15) is 35.5 Å². The molecular weight excluding hydrogens is 330 g/mol. The zero-order valence-electron chi connectivity index (χ0n) is 13.0. The third-order valence-electron chi connectivity index (χ3n) is 3.50. The summed E-state index contributed by atoms with van der Waals surface area (Å²) >= 11 is 6.02. The molecule has 0 radical (unpaired) electrons. The van der Waals surface area contributed by atoms with E-state index in [4.69, 9.17) is 22.6 Å². The summed E-state index contributed by atoms with van der Waals surface area (Å²) < 4.78 is 4.68. The fourth-order valence-corrected chi connectivity index (χ4v) is 2.39. The molecule has 1 amide bonds. The molecule has 0 saturated carbocycles. The third kappa shape index (κ3) is 3.70. The number of carbonyl (C=O) groups is 2. The molecule has 0 atom stereocenters. The number of halogens is 1. The summed E-state index contributed by atoms with van der Waals surface area (Å²) in [7, 11) is 0. The zero-order chi connectivity index (χ0) is 17.9.